The highest BCUT2D eigenvalue weighted by molar-refractivity contribution is 7.89. The molecule has 0 amide bonds. The standard InChI is InChI=1S/C21H22ClN5O5S2/c1-32-16-5-2-4-15(12-16)13-20-23-21(33-24-20)25-8-3-9-26(11-10-25)34(30,31)17-6-7-18(22)19(14-17)27(28)29/h2,4-7,12,14H,3,8-11,13H2,1H3. The molecule has 0 atom stereocenters. The van der Waals surface area contributed by atoms with E-state index in [1.807, 2.05) is 29.2 Å². The van der Waals surface area contributed by atoms with Crippen LogP contribution in [0.2, 0.25) is 5.02 Å². The fourth-order valence-electron chi connectivity index (χ4n) is 3.68. The molecule has 0 bridgehead atoms. The van der Waals surface area contributed by atoms with Crippen LogP contribution in [0.15, 0.2) is 47.4 Å². The van der Waals surface area contributed by atoms with Gasteiger partial charge in [0.05, 0.1) is 16.9 Å². The Bertz CT molecular complexity index is 1300. The molecule has 4 rings (SSSR count). The van der Waals surface area contributed by atoms with E-state index in [2.05, 4.69) is 9.36 Å². The second kappa shape index (κ2) is 10.2. The van der Waals surface area contributed by atoms with Gasteiger partial charge in [0.1, 0.15) is 16.6 Å². The number of ether oxygens (including phenoxy) is 1. The first-order valence-corrected chi connectivity index (χ1v) is 13.0. The van der Waals surface area contributed by atoms with Crippen LogP contribution in [-0.4, -0.2) is 60.3 Å². The molecular formula is C21H22ClN5O5S2. The highest BCUT2D eigenvalue weighted by Crippen LogP contribution is 2.29. The monoisotopic (exact) mass is 523 g/mol. The van der Waals surface area contributed by atoms with Crippen LogP contribution < -0.4 is 9.64 Å². The van der Waals surface area contributed by atoms with Crippen LogP contribution in [0.3, 0.4) is 0 Å². The molecule has 0 unspecified atom stereocenters. The van der Waals surface area contributed by atoms with Gasteiger partial charge >= 0.3 is 0 Å². The van der Waals surface area contributed by atoms with Crippen molar-refractivity contribution >= 4 is 44.0 Å². The maximum Gasteiger partial charge on any atom is 0.289 e. The summed E-state index contributed by atoms with van der Waals surface area (Å²) >= 11 is 7.12. The number of hydrogen-bond donors (Lipinski definition) is 0. The lowest BCUT2D eigenvalue weighted by Crippen LogP contribution is -2.35. The van der Waals surface area contributed by atoms with Gasteiger partial charge in [-0.3, -0.25) is 10.1 Å². The first-order chi connectivity index (χ1) is 16.3. The zero-order valence-corrected chi connectivity index (χ0v) is 20.6. The summed E-state index contributed by atoms with van der Waals surface area (Å²) in [5, 5.41) is 11.8. The number of nitro benzene ring substituents is 1. The molecule has 2 aromatic carbocycles. The van der Waals surface area contributed by atoms with E-state index in [4.69, 9.17) is 16.3 Å². The minimum Gasteiger partial charge on any atom is -0.497 e. The van der Waals surface area contributed by atoms with E-state index in [-0.39, 0.29) is 16.5 Å². The van der Waals surface area contributed by atoms with E-state index in [1.54, 1.807) is 7.11 Å². The molecule has 0 saturated carbocycles. The summed E-state index contributed by atoms with van der Waals surface area (Å²) in [6.07, 6.45) is 1.15. The normalized spacial score (nSPS) is 15.2. The third kappa shape index (κ3) is 5.30. The zero-order chi connectivity index (χ0) is 24.3. The van der Waals surface area contributed by atoms with Gasteiger partial charge in [0.2, 0.25) is 15.2 Å². The number of sulfonamides is 1. The molecule has 1 aromatic heterocycles. The summed E-state index contributed by atoms with van der Waals surface area (Å²) in [6.45, 7) is 1.58. The Labute approximate surface area is 206 Å². The van der Waals surface area contributed by atoms with E-state index < -0.39 is 20.6 Å². The molecule has 1 saturated heterocycles. The average Bonchev–Trinajstić information content (AvgIpc) is 3.12. The Morgan fingerprint density at radius 2 is 2.00 bits per heavy atom. The van der Waals surface area contributed by atoms with E-state index in [9.17, 15) is 18.5 Å². The summed E-state index contributed by atoms with van der Waals surface area (Å²) in [7, 11) is -2.29. The van der Waals surface area contributed by atoms with Crippen molar-refractivity contribution in [1.29, 1.82) is 0 Å². The number of hydrogen-bond acceptors (Lipinski definition) is 9. The first kappa shape index (κ1) is 24.3. The lowest BCUT2D eigenvalue weighted by Gasteiger charge is -2.21. The summed E-state index contributed by atoms with van der Waals surface area (Å²) in [4.78, 5) is 17.0. The molecule has 1 aliphatic heterocycles. The van der Waals surface area contributed by atoms with Gasteiger partial charge < -0.3 is 9.64 Å². The Kier molecular flexibility index (Phi) is 7.31. The molecule has 13 heteroatoms. The van der Waals surface area contributed by atoms with Crippen molar-refractivity contribution in [3.63, 3.8) is 0 Å². The van der Waals surface area contributed by atoms with E-state index in [0.717, 1.165) is 22.5 Å². The smallest absolute Gasteiger partial charge is 0.289 e. The van der Waals surface area contributed by atoms with Crippen molar-refractivity contribution < 1.29 is 18.1 Å². The number of nitrogens with zero attached hydrogens (tertiary/aromatic N) is 5. The van der Waals surface area contributed by atoms with Crippen LogP contribution in [0.25, 0.3) is 0 Å². The molecular weight excluding hydrogens is 502 g/mol. The summed E-state index contributed by atoms with van der Waals surface area (Å²) in [6, 6.07) is 11.3. The summed E-state index contributed by atoms with van der Waals surface area (Å²) in [5.41, 5.74) is 0.602. The molecule has 3 aromatic rings. The van der Waals surface area contributed by atoms with Gasteiger partial charge in [-0.25, -0.2) is 13.4 Å². The van der Waals surface area contributed by atoms with Gasteiger partial charge in [-0.2, -0.15) is 8.68 Å². The molecule has 0 radical (unpaired) electrons. The van der Waals surface area contributed by atoms with E-state index >= 15 is 0 Å². The van der Waals surface area contributed by atoms with Crippen molar-refractivity contribution in [2.24, 2.45) is 0 Å². The first-order valence-electron chi connectivity index (χ1n) is 10.4. The van der Waals surface area contributed by atoms with Crippen LogP contribution >= 0.6 is 23.1 Å². The molecule has 0 aliphatic carbocycles. The second-order valence-electron chi connectivity index (χ2n) is 7.64. The largest absolute Gasteiger partial charge is 0.497 e. The Balaban J connectivity index is 1.45. The number of anilines is 1. The summed E-state index contributed by atoms with van der Waals surface area (Å²) in [5.74, 6) is 1.46. The molecule has 0 N–H and O–H groups in total. The number of halogens is 1. The maximum atomic E-state index is 13.1. The van der Waals surface area contributed by atoms with Gasteiger partial charge in [-0.1, -0.05) is 23.7 Å². The molecule has 34 heavy (non-hydrogen) atoms. The van der Waals surface area contributed by atoms with Gasteiger partial charge in [-0.05, 0) is 36.2 Å². The number of nitro groups is 1. The number of benzene rings is 2. The molecule has 1 fully saturated rings. The van der Waals surface area contributed by atoms with Crippen molar-refractivity contribution in [1.82, 2.24) is 13.7 Å². The number of rotatable bonds is 7. The Morgan fingerprint density at radius 1 is 1.18 bits per heavy atom. The minimum absolute atomic E-state index is 0.105. The van der Waals surface area contributed by atoms with Gasteiger partial charge in [0, 0.05) is 50.2 Å². The van der Waals surface area contributed by atoms with Crippen molar-refractivity contribution in [3.05, 3.63) is 69.0 Å². The lowest BCUT2D eigenvalue weighted by atomic mass is 10.1. The maximum absolute atomic E-state index is 13.1. The van der Waals surface area contributed by atoms with E-state index in [1.165, 1.54) is 28.0 Å². The van der Waals surface area contributed by atoms with Crippen LogP contribution in [0.5, 0.6) is 5.75 Å². The molecule has 180 valence electrons. The SMILES string of the molecule is COc1cccc(Cc2nsc(N3CCCN(S(=O)(=O)c4ccc(Cl)c([N+](=O)[O-])c4)CC3)n2)c1. The van der Waals surface area contributed by atoms with Crippen molar-refractivity contribution in [3.8, 4) is 5.75 Å². The van der Waals surface area contributed by atoms with Gasteiger partial charge in [0.15, 0.2) is 0 Å². The molecule has 2 heterocycles. The zero-order valence-electron chi connectivity index (χ0n) is 18.3. The highest BCUT2D eigenvalue weighted by Gasteiger charge is 2.29. The van der Waals surface area contributed by atoms with Gasteiger partial charge in [-0.15, -0.1) is 0 Å². The lowest BCUT2D eigenvalue weighted by molar-refractivity contribution is -0.384. The fourth-order valence-corrected chi connectivity index (χ4v) is 6.09. The minimum atomic E-state index is -3.91. The Morgan fingerprint density at radius 3 is 2.76 bits per heavy atom. The predicted molar refractivity (Wildman–Crippen MR) is 129 cm³/mol. The fraction of sp³-hybridized carbons (Fsp3) is 0.333. The van der Waals surface area contributed by atoms with Gasteiger partial charge in [0.25, 0.3) is 5.69 Å². The molecule has 1 aliphatic rings. The van der Waals surface area contributed by atoms with Crippen LogP contribution in [0.4, 0.5) is 10.8 Å². The quantitative estimate of drug-likeness (QED) is 0.340. The highest BCUT2D eigenvalue weighted by atomic mass is 35.5. The van der Waals surface area contributed by atoms with Crippen molar-refractivity contribution in [2.45, 2.75) is 17.7 Å². The van der Waals surface area contributed by atoms with Crippen LogP contribution in [0.1, 0.15) is 17.8 Å². The molecule has 0 spiro atoms. The summed E-state index contributed by atoms with van der Waals surface area (Å²) < 4.78 is 37.3. The average molecular weight is 524 g/mol. The number of aromatic nitrogens is 2. The van der Waals surface area contributed by atoms with Crippen LogP contribution in [0, 0.1) is 10.1 Å². The molecule has 10 nitrogen and oxygen atoms in total. The third-order valence-corrected chi connectivity index (χ3v) is 8.46. The van der Waals surface area contributed by atoms with Crippen LogP contribution in [-0.2, 0) is 16.4 Å². The predicted octanol–water partition coefficient (Wildman–Crippen LogP) is 3.60. The topological polar surface area (TPSA) is 119 Å². The number of methoxy groups -OCH3 is 1. The second-order valence-corrected chi connectivity index (χ2v) is 10.7. The Hall–Kier alpha value is -2.80. The van der Waals surface area contributed by atoms with E-state index in [0.29, 0.717) is 38.3 Å². The van der Waals surface area contributed by atoms with Crippen molar-refractivity contribution in [2.75, 3.05) is 38.2 Å². The third-order valence-electron chi connectivity index (χ3n) is 5.43.